The fourth-order valence-corrected chi connectivity index (χ4v) is 2.76. The van der Waals surface area contributed by atoms with Gasteiger partial charge in [-0.15, -0.1) is 0 Å². The summed E-state index contributed by atoms with van der Waals surface area (Å²) in [6.07, 6.45) is 4.05. The Labute approximate surface area is 125 Å². The molecule has 1 fully saturated rings. The molecule has 1 aromatic heterocycles. The number of hydrogen-bond donors (Lipinski definition) is 1. The molecule has 2 N–H and O–H groups in total. The molecule has 0 bridgehead atoms. The van der Waals surface area contributed by atoms with Gasteiger partial charge in [0, 0.05) is 24.6 Å². The van der Waals surface area contributed by atoms with Crippen LogP contribution in [-0.4, -0.2) is 18.2 Å². The van der Waals surface area contributed by atoms with Crippen LogP contribution in [-0.2, 0) is 14.3 Å². The predicted molar refractivity (Wildman–Crippen MR) is 78.8 cm³/mol. The Bertz CT molecular complexity index is 544. The summed E-state index contributed by atoms with van der Waals surface area (Å²) in [7, 11) is 0. The van der Waals surface area contributed by atoms with Gasteiger partial charge in [0.1, 0.15) is 0 Å². The summed E-state index contributed by atoms with van der Waals surface area (Å²) in [5.74, 6) is -0.154. The molecule has 1 unspecified atom stereocenters. The quantitative estimate of drug-likeness (QED) is 0.678. The summed E-state index contributed by atoms with van der Waals surface area (Å²) < 4.78 is 13.5. The van der Waals surface area contributed by atoms with Crippen LogP contribution in [0.25, 0.3) is 5.70 Å². The molecule has 1 saturated heterocycles. The molecule has 0 saturated carbocycles. The Morgan fingerprint density at radius 1 is 1.57 bits per heavy atom. The van der Waals surface area contributed by atoms with Crippen LogP contribution in [0.5, 0.6) is 0 Å². The van der Waals surface area contributed by atoms with Gasteiger partial charge in [-0.05, 0) is 12.5 Å². The number of carbonyl (C=O) groups excluding carboxylic acids is 1. The van der Waals surface area contributed by atoms with Crippen LogP contribution in [0.15, 0.2) is 31.1 Å². The molecule has 2 heterocycles. The highest BCUT2D eigenvalue weighted by molar-refractivity contribution is 5.66. The number of nitrogens with zero attached hydrogens (tertiary/aromatic N) is 1. The minimum absolute atomic E-state index is 0.0663. The number of nitrogens with two attached hydrogens (primary N) is 1. The van der Waals surface area contributed by atoms with Gasteiger partial charge >= 0.3 is 12.2 Å². The molecular formula is C16H23N2O3+. The first-order valence-electron chi connectivity index (χ1n) is 7.22. The molecule has 4 atom stereocenters. The molecular weight excluding hydrogens is 268 g/mol. The predicted octanol–water partition coefficient (Wildman–Crippen LogP) is 1.78. The van der Waals surface area contributed by atoms with Crippen molar-refractivity contribution < 1.29 is 18.8 Å². The summed E-state index contributed by atoms with van der Waals surface area (Å²) in [5, 5.41) is 0. The summed E-state index contributed by atoms with van der Waals surface area (Å²) >= 11 is 0. The lowest BCUT2D eigenvalue weighted by atomic mass is 9.98. The molecule has 0 aromatic carbocycles. The number of pyridine rings is 1. The third-order valence-corrected chi connectivity index (χ3v) is 3.89. The zero-order valence-electron chi connectivity index (χ0n) is 12.8. The lowest BCUT2D eigenvalue weighted by Gasteiger charge is -2.17. The first-order valence-corrected chi connectivity index (χ1v) is 7.22. The van der Waals surface area contributed by atoms with E-state index in [0.29, 0.717) is 5.70 Å². The Morgan fingerprint density at radius 2 is 2.29 bits per heavy atom. The standard InChI is InChI=1S/C16H23N2O3/c1-5-14-10(2)15(20-12(4)19)16(21-14)18-8-6-7-13(9-18)11(3)17/h6-10,14-16H,3,5,17H2,1-2,4H3/q+1/t10-,14-,15-,16?/m1/s1. The number of rotatable bonds is 4. The van der Waals surface area contributed by atoms with Crippen molar-refractivity contribution in [3.63, 3.8) is 0 Å². The van der Waals surface area contributed by atoms with Crippen molar-refractivity contribution in [1.29, 1.82) is 0 Å². The number of aromatic nitrogens is 1. The Hall–Kier alpha value is -1.88. The van der Waals surface area contributed by atoms with Gasteiger partial charge in [-0.3, -0.25) is 4.79 Å². The van der Waals surface area contributed by atoms with Gasteiger partial charge in [0.25, 0.3) is 0 Å². The van der Waals surface area contributed by atoms with Crippen molar-refractivity contribution in [2.75, 3.05) is 0 Å². The van der Waals surface area contributed by atoms with Crippen LogP contribution in [0.3, 0.4) is 0 Å². The molecule has 2 rings (SSSR count). The van der Waals surface area contributed by atoms with Gasteiger partial charge in [0.2, 0.25) is 0 Å². The molecule has 0 radical (unpaired) electrons. The second-order valence-electron chi connectivity index (χ2n) is 5.47. The largest absolute Gasteiger partial charge is 0.452 e. The molecule has 114 valence electrons. The van der Waals surface area contributed by atoms with Crippen molar-refractivity contribution in [2.24, 2.45) is 11.7 Å². The van der Waals surface area contributed by atoms with E-state index in [1.54, 1.807) is 0 Å². The molecule has 1 aliphatic rings. The highest BCUT2D eigenvalue weighted by atomic mass is 16.6. The van der Waals surface area contributed by atoms with Crippen molar-refractivity contribution in [1.82, 2.24) is 0 Å². The van der Waals surface area contributed by atoms with E-state index in [1.807, 2.05) is 36.0 Å². The number of ether oxygens (including phenoxy) is 2. The SMILES string of the molecule is C=C(N)c1ccc[n+](C2O[C@H](CC)[C@@H](C)[C@H]2OC(C)=O)c1. The number of hydrogen-bond acceptors (Lipinski definition) is 4. The maximum absolute atomic E-state index is 11.4. The van der Waals surface area contributed by atoms with E-state index in [0.717, 1.165) is 12.0 Å². The minimum Gasteiger partial charge on any atom is -0.452 e. The smallest absolute Gasteiger partial charge is 0.303 e. The van der Waals surface area contributed by atoms with Crippen molar-refractivity contribution in [3.8, 4) is 0 Å². The van der Waals surface area contributed by atoms with Gasteiger partial charge in [-0.25, -0.2) is 0 Å². The van der Waals surface area contributed by atoms with E-state index in [4.69, 9.17) is 15.2 Å². The Balaban J connectivity index is 2.33. The second kappa shape index (κ2) is 6.26. The fourth-order valence-electron chi connectivity index (χ4n) is 2.76. The Kier molecular flexibility index (Phi) is 4.63. The van der Waals surface area contributed by atoms with Crippen molar-refractivity contribution >= 4 is 11.7 Å². The van der Waals surface area contributed by atoms with E-state index in [2.05, 4.69) is 13.5 Å². The third kappa shape index (κ3) is 3.24. The molecule has 0 aliphatic carbocycles. The van der Waals surface area contributed by atoms with E-state index in [-0.39, 0.29) is 30.3 Å². The Morgan fingerprint density at radius 3 is 2.86 bits per heavy atom. The van der Waals surface area contributed by atoms with Crippen LogP contribution in [0.4, 0.5) is 0 Å². The first-order chi connectivity index (χ1) is 9.93. The molecule has 0 spiro atoms. The van der Waals surface area contributed by atoms with Crippen molar-refractivity contribution in [2.45, 2.75) is 45.6 Å². The van der Waals surface area contributed by atoms with Crippen LogP contribution in [0.1, 0.15) is 39.0 Å². The van der Waals surface area contributed by atoms with Crippen LogP contribution in [0, 0.1) is 5.92 Å². The van der Waals surface area contributed by atoms with E-state index < -0.39 is 0 Å². The lowest BCUT2D eigenvalue weighted by Crippen LogP contribution is -2.46. The third-order valence-electron chi connectivity index (χ3n) is 3.89. The number of carbonyl (C=O) groups is 1. The van der Waals surface area contributed by atoms with Gasteiger partial charge in [-0.2, -0.15) is 4.57 Å². The molecule has 0 amide bonds. The van der Waals surface area contributed by atoms with Crippen LogP contribution in [0.2, 0.25) is 0 Å². The molecule has 1 aromatic rings. The van der Waals surface area contributed by atoms with E-state index in [9.17, 15) is 4.79 Å². The van der Waals surface area contributed by atoms with Gasteiger partial charge in [0.05, 0.1) is 11.7 Å². The second-order valence-corrected chi connectivity index (χ2v) is 5.47. The summed E-state index contributed by atoms with van der Waals surface area (Å²) in [6, 6.07) is 3.76. The zero-order chi connectivity index (χ0) is 15.6. The topological polar surface area (TPSA) is 65.4 Å². The summed E-state index contributed by atoms with van der Waals surface area (Å²) in [5.41, 5.74) is 7.06. The van der Waals surface area contributed by atoms with Crippen LogP contribution >= 0.6 is 0 Å². The normalized spacial score (nSPS) is 28.3. The fraction of sp³-hybridized carbons (Fsp3) is 0.500. The van der Waals surface area contributed by atoms with Gasteiger partial charge < -0.3 is 15.2 Å². The van der Waals surface area contributed by atoms with E-state index in [1.165, 1.54) is 6.92 Å². The van der Waals surface area contributed by atoms with E-state index >= 15 is 0 Å². The molecule has 1 aliphatic heterocycles. The minimum atomic E-state index is -0.340. The number of esters is 1. The maximum atomic E-state index is 11.4. The monoisotopic (exact) mass is 291 g/mol. The average molecular weight is 291 g/mol. The lowest BCUT2D eigenvalue weighted by molar-refractivity contribution is -0.765. The summed E-state index contributed by atoms with van der Waals surface area (Å²) in [6.45, 7) is 9.28. The van der Waals surface area contributed by atoms with Gasteiger partial charge in [-0.1, -0.05) is 20.4 Å². The maximum Gasteiger partial charge on any atom is 0.303 e. The summed E-state index contributed by atoms with van der Waals surface area (Å²) in [4.78, 5) is 11.4. The van der Waals surface area contributed by atoms with Gasteiger partial charge in [0.15, 0.2) is 18.5 Å². The molecule has 5 heteroatoms. The molecule has 5 nitrogen and oxygen atoms in total. The molecule has 21 heavy (non-hydrogen) atoms. The first kappa shape index (κ1) is 15.5. The highest BCUT2D eigenvalue weighted by Gasteiger charge is 2.48. The average Bonchev–Trinajstić information content (AvgIpc) is 2.75. The zero-order valence-corrected chi connectivity index (χ0v) is 12.8. The van der Waals surface area contributed by atoms with Crippen LogP contribution < -0.4 is 10.3 Å². The highest BCUT2D eigenvalue weighted by Crippen LogP contribution is 2.34. The van der Waals surface area contributed by atoms with Crippen molar-refractivity contribution in [3.05, 3.63) is 36.7 Å².